The highest BCUT2D eigenvalue weighted by Crippen LogP contribution is 2.20. The fraction of sp³-hybridized carbons (Fsp3) is 0.385. The van der Waals surface area contributed by atoms with E-state index in [1.807, 2.05) is 6.07 Å². The Morgan fingerprint density at radius 3 is 3.05 bits per heavy atom. The Kier molecular flexibility index (Phi) is 4.50. The molecule has 2 heterocycles. The second kappa shape index (κ2) is 6.12. The van der Waals surface area contributed by atoms with Crippen LogP contribution in [0.5, 0.6) is 0 Å². The quantitative estimate of drug-likeness (QED) is 0.939. The van der Waals surface area contributed by atoms with Crippen LogP contribution in [0, 0.1) is 5.82 Å². The molecule has 1 atom stereocenters. The lowest BCUT2D eigenvalue weighted by Gasteiger charge is -1.99. The summed E-state index contributed by atoms with van der Waals surface area (Å²) in [6.45, 7) is 1.88. The molecule has 1 fully saturated rings. The average Bonchev–Trinajstić information content (AvgIpc) is 2.98. The van der Waals surface area contributed by atoms with Crippen LogP contribution < -0.4 is 5.32 Å². The number of aromatic nitrogens is 2. The lowest BCUT2D eigenvalue weighted by atomic mass is 10.1. The monoisotopic (exact) mass is 283 g/mol. The van der Waals surface area contributed by atoms with E-state index < -0.39 is 0 Å². The average molecular weight is 284 g/mol. The minimum Gasteiger partial charge on any atom is -0.339 e. The number of nitrogens with one attached hydrogen (secondary N) is 1. The van der Waals surface area contributed by atoms with Crippen molar-refractivity contribution in [3.63, 3.8) is 0 Å². The van der Waals surface area contributed by atoms with Gasteiger partial charge in [0.25, 0.3) is 0 Å². The molecule has 2 aromatic rings. The number of nitrogens with zero attached hydrogens (tertiary/aromatic N) is 2. The van der Waals surface area contributed by atoms with Crippen LogP contribution >= 0.6 is 12.4 Å². The molecule has 1 N–H and O–H groups in total. The highest BCUT2D eigenvalue weighted by molar-refractivity contribution is 5.85. The molecule has 1 saturated heterocycles. The summed E-state index contributed by atoms with van der Waals surface area (Å²) in [5.74, 6) is 1.38. The first kappa shape index (κ1) is 14.0. The molecule has 1 aliphatic rings. The van der Waals surface area contributed by atoms with E-state index in [-0.39, 0.29) is 18.2 Å². The van der Waals surface area contributed by atoms with Crippen molar-refractivity contribution in [1.82, 2.24) is 15.5 Å². The lowest BCUT2D eigenvalue weighted by Crippen LogP contribution is -2.08. The molecule has 0 radical (unpaired) electrons. The predicted octanol–water partition coefficient (Wildman–Crippen LogP) is 2.30. The summed E-state index contributed by atoms with van der Waals surface area (Å²) in [5.41, 5.74) is 0.854. The van der Waals surface area contributed by atoms with Gasteiger partial charge < -0.3 is 9.84 Å². The van der Waals surface area contributed by atoms with Gasteiger partial charge >= 0.3 is 0 Å². The Hall–Kier alpha value is -1.46. The van der Waals surface area contributed by atoms with Gasteiger partial charge in [0.2, 0.25) is 5.89 Å². The Morgan fingerprint density at radius 1 is 1.42 bits per heavy atom. The largest absolute Gasteiger partial charge is 0.339 e. The van der Waals surface area contributed by atoms with E-state index >= 15 is 0 Å². The van der Waals surface area contributed by atoms with E-state index in [0.717, 1.165) is 25.1 Å². The molecule has 0 unspecified atom stereocenters. The Balaban J connectivity index is 0.00000133. The van der Waals surface area contributed by atoms with E-state index in [9.17, 15) is 4.39 Å². The highest BCUT2D eigenvalue weighted by Gasteiger charge is 2.22. The van der Waals surface area contributed by atoms with Crippen LogP contribution in [0.25, 0.3) is 0 Å². The van der Waals surface area contributed by atoms with E-state index in [1.54, 1.807) is 6.07 Å². The Morgan fingerprint density at radius 2 is 2.32 bits per heavy atom. The molecule has 0 bridgehead atoms. The summed E-state index contributed by atoms with van der Waals surface area (Å²) in [5, 5.41) is 7.21. The van der Waals surface area contributed by atoms with Gasteiger partial charge in [-0.15, -0.1) is 12.4 Å². The first-order chi connectivity index (χ1) is 8.81. The van der Waals surface area contributed by atoms with Crippen LogP contribution in [0.15, 0.2) is 28.8 Å². The van der Waals surface area contributed by atoms with Crippen molar-refractivity contribution < 1.29 is 8.91 Å². The molecule has 1 aromatic carbocycles. The smallest absolute Gasteiger partial charge is 0.231 e. The minimum absolute atomic E-state index is 0. The maximum atomic E-state index is 13.0. The topological polar surface area (TPSA) is 51.0 Å². The van der Waals surface area contributed by atoms with Gasteiger partial charge in [0.15, 0.2) is 5.82 Å². The molecule has 102 valence electrons. The van der Waals surface area contributed by atoms with Gasteiger partial charge in [-0.25, -0.2) is 4.39 Å². The fourth-order valence-electron chi connectivity index (χ4n) is 2.20. The zero-order valence-electron chi connectivity index (χ0n) is 10.3. The van der Waals surface area contributed by atoms with Gasteiger partial charge in [0.05, 0.1) is 5.92 Å². The molecule has 4 nitrogen and oxygen atoms in total. The van der Waals surface area contributed by atoms with Gasteiger partial charge in [-0.05, 0) is 30.7 Å². The van der Waals surface area contributed by atoms with Crippen LogP contribution in [0.3, 0.4) is 0 Å². The molecule has 0 spiro atoms. The summed E-state index contributed by atoms with van der Waals surface area (Å²) in [7, 11) is 0. The zero-order valence-corrected chi connectivity index (χ0v) is 11.1. The summed E-state index contributed by atoms with van der Waals surface area (Å²) < 4.78 is 18.3. The standard InChI is InChI=1S/C13H14FN3O.ClH/c14-11-3-1-2-9(6-11)7-12-16-13(18-17-12)10-4-5-15-8-10;/h1-3,6,10,15H,4-5,7-8H2;1H/t10-;/m0./s1. The molecule has 0 aliphatic carbocycles. The summed E-state index contributed by atoms with van der Waals surface area (Å²) in [6, 6.07) is 6.46. The zero-order chi connectivity index (χ0) is 12.4. The van der Waals surface area contributed by atoms with Gasteiger partial charge in [-0.2, -0.15) is 4.98 Å². The number of hydrogen-bond acceptors (Lipinski definition) is 4. The van der Waals surface area contributed by atoms with Crippen LogP contribution in [-0.2, 0) is 6.42 Å². The Labute approximate surface area is 116 Å². The molecule has 6 heteroatoms. The molecular weight excluding hydrogens is 269 g/mol. The van der Waals surface area contributed by atoms with Crippen molar-refractivity contribution in [2.45, 2.75) is 18.8 Å². The van der Waals surface area contributed by atoms with Crippen molar-refractivity contribution in [2.75, 3.05) is 13.1 Å². The molecule has 0 saturated carbocycles. The van der Waals surface area contributed by atoms with E-state index in [4.69, 9.17) is 4.52 Å². The normalized spacial score (nSPS) is 18.3. The third-order valence-electron chi connectivity index (χ3n) is 3.14. The SMILES string of the molecule is Cl.Fc1cccc(Cc2noc([C@H]3CCNC3)n2)c1. The molecule has 19 heavy (non-hydrogen) atoms. The van der Waals surface area contributed by atoms with Crippen LogP contribution in [0.4, 0.5) is 4.39 Å². The van der Waals surface area contributed by atoms with E-state index in [0.29, 0.717) is 24.1 Å². The summed E-state index contributed by atoms with van der Waals surface area (Å²) in [6.07, 6.45) is 1.53. The minimum atomic E-state index is -0.240. The summed E-state index contributed by atoms with van der Waals surface area (Å²) >= 11 is 0. The third-order valence-corrected chi connectivity index (χ3v) is 3.14. The number of halogens is 2. The Bertz CT molecular complexity index is 540. The maximum Gasteiger partial charge on any atom is 0.231 e. The second-order valence-electron chi connectivity index (χ2n) is 4.55. The van der Waals surface area contributed by atoms with E-state index in [1.165, 1.54) is 12.1 Å². The first-order valence-corrected chi connectivity index (χ1v) is 6.09. The van der Waals surface area contributed by atoms with Crippen molar-refractivity contribution in [3.05, 3.63) is 47.4 Å². The molecule has 0 amide bonds. The summed E-state index contributed by atoms with van der Waals surface area (Å²) in [4.78, 5) is 4.38. The third kappa shape index (κ3) is 3.30. The number of hydrogen-bond donors (Lipinski definition) is 1. The second-order valence-corrected chi connectivity index (χ2v) is 4.55. The van der Waals surface area contributed by atoms with Crippen molar-refractivity contribution in [2.24, 2.45) is 0 Å². The molecule has 3 rings (SSSR count). The van der Waals surface area contributed by atoms with Crippen molar-refractivity contribution in [3.8, 4) is 0 Å². The molecular formula is C13H15ClFN3O. The first-order valence-electron chi connectivity index (χ1n) is 6.09. The fourth-order valence-corrected chi connectivity index (χ4v) is 2.20. The van der Waals surface area contributed by atoms with Crippen molar-refractivity contribution in [1.29, 1.82) is 0 Å². The molecule has 1 aromatic heterocycles. The van der Waals surface area contributed by atoms with Crippen LogP contribution in [0.1, 0.15) is 29.6 Å². The predicted molar refractivity (Wildman–Crippen MR) is 71.0 cm³/mol. The number of benzene rings is 1. The van der Waals surface area contributed by atoms with Gasteiger partial charge in [0, 0.05) is 13.0 Å². The van der Waals surface area contributed by atoms with Crippen molar-refractivity contribution >= 4 is 12.4 Å². The molecule has 1 aliphatic heterocycles. The maximum absolute atomic E-state index is 13.0. The van der Waals surface area contributed by atoms with Gasteiger partial charge in [-0.3, -0.25) is 0 Å². The van der Waals surface area contributed by atoms with Crippen LogP contribution in [-0.4, -0.2) is 23.2 Å². The highest BCUT2D eigenvalue weighted by atomic mass is 35.5. The van der Waals surface area contributed by atoms with Gasteiger partial charge in [0.1, 0.15) is 5.82 Å². The number of rotatable bonds is 3. The lowest BCUT2D eigenvalue weighted by molar-refractivity contribution is 0.355. The van der Waals surface area contributed by atoms with Crippen LogP contribution in [0.2, 0.25) is 0 Å². The van der Waals surface area contributed by atoms with Gasteiger partial charge in [-0.1, -0.05) is 17.3 Å². The van der Waals surface area contributed by atoms with E-state index in [2.05, 4.69) is 15.5 Å².